The second kappa shape index (κ2) is 7.80. The number of carbonyl (C=O) groups is 1. The first kappa shape index (κ1) is 18.2. The van der Waals surface area contributed by atoms with Crippen molar-refractivity contribution in [2.24, 2.45) is 0 Å². The van der Waals surface area contributed by atoms with Crippen molar-refractivity contribution in [3.63, 3.8) is 0 Å². The number of thioether (sulfide) groups is 1. The lowest BCUT2D eigenvalue weighted by atomic mass is 10.1. The van der Waals surface area contributed by atoms with E-state index >= 15 is 0 Å². The van der Waals surface area contributed by atoms with Gasteiger partial charge in [0.1, 0.15) is 5.82 Å². The molecular weight excluding hydrogens is 383 g/mol. The summed E-state index contributed by atoms with van der Waals surface area (Å²) in [5, 5.41) is 0. The molecule has 0 spiro atoms. The minimum atomic E-state index is -0.399. The van der Waals surface area contributed by atoms with E-state index in [1.54, 1.807) is 12.1 Å². The smallest absolute Gasteiger partial charge is 0.270 e. The van der Waals surface area contributed by atoms with Crippen LogP contribution in [-0.4, -0.2) is 36.5 Å². The lowest BCUT2D eigenvalue weighted by molar-refractivity contribution is -0.113. The molecule has 0 bridgehead atoms. The van der Waals surface area contributed by atoms with Crippen molar-refractivity contribution in [3.05, 3.63) is 64.8 Å². The highest BCUT2D eigenvalue weighted by atomic mass is 32.2. The van der Waals surface area contributed by atoms with Crippen molar-refractivity contribution < 1.29 is 13.9 Å². The maximum Gasteiger partial charge on any atom is 0.270 e. The summed E-state index contributed by atoms with van der Waals surface area (Å²) in [6.07, 6.45) is 1.82. The fourth-order valence-corrected chi connectivity index (χ4v) is 4.36. The summed E-state index contributed by atoms with van der Waals surface area (Å²) >= 11 is 6.56. The number of benzene rings is 2. The Labute approximate surface area is 166 Å². The van der Waals surface area contributed by atoms with Crippen LogP contribution >= 0.6 is 24.0 Å². The highest BCUT2D eigenvalue weighted by Crippen LogP contribution is 2.36. The number of thiocarbonyl (C=S) groups is 1. The van der Waals surface area contributed by atoms with Crippen LogP contribution in [0.2, 0.25) is 0 Å². The Bertz CT molecular complexity index is 908. The molecule has 2 saturated heterocycles. The molecule has 1 amide bonds. The Morgan fingerprint density at radius 2 is 1.81 bits per heavy atom. The summed E-state index contributed by atoms with van der Waals surface area (Å²) in [4.78, 5) is 16.9. The van der Waals surface area contributed by atoms with Gasteiger partial charge < -0.3 is 9.64 Å². The standard InChI is InChI=1S/C20H17FN2O2S2/c21-15-2-1-3-17(13-15)23-19(24)18(27-20(23)26)12-14-4-6-16(7-5-14)22-8-10-25-11-9-22/h1-7,12-13H,8-11H2/b18-12-. The largest absolute Gasteiger partial charge is 0.378 e. The topological polar surface area (TPSA) is 32.8 Å². The highest BCUT2D eigenvalue weighted by Gasteiger charge is 2.33. The predicted molar refractivity (Wildman–Crippen MR) is 112 cm³/mol. The highest BCUT2D eigenvalue weighted by molar-refractivity contribution is 8.27. The maximum atomic E-state index is 13.5. The van der Waals surface area contributed by atoms with Crippen molar-refractivity contribution in [1.29, 1.82) is 0 Å². The molecule has 2 aliphatic heterocycles. The van der Waals surface area contributed by atoms with Crippen LogP contribution in [0, 0.1) is 5.82 Å². The number of morpholine rings is 1. The lowest BCUT2D eigenvalue weighted by Gasteiger charge is -2.28. The fraction of sp³-hybridized carbons (Fsp3) is 0.200. The van der Waals surface area contributed by atoms with Crippen molar-refractivity contribution in [2.45, 2.75) is 0 Å². The molecule has 2 fully saturated rings. The van der Waals surface area contributed by atoms with E-state index in [1.807, 2.05) is 30.3 Å². The molecule has 4 nitrogen and oxygen atoms in total. The fourth-order valence-electron chi connectivity index (χ4n) is 3.06. The van der Waals surface area contributed by atoms with Gasteiger partial charge in [-0.05, 0) is 42.0 Å². The molecule has 0 N–H and O–H groups in total. The summed E-state index contributed by atoms with van der Waals surface area (Å²) < 4.78 is 19.3. The number of halogens is 1. The van der Waals surface area contributed by atoms with Gasteiger partial charge in [0.2, 0.25) is 0 Å². The van der Waals surface area contributed by atoms with Crippen LogP contribution in [0.4, 0.5) is 15.8 Å². The Kier molecular flexibility index (Phi) is 5.24. The molecule has 2 aromatic carbocycles. The minimum absolute atomic E-state index is 0.229. The number of hydrogen-bond donors (Lipinski definition) is 0. The molecule has 2 aromatic rings. The van der Waals surface area contributed by atoms with Gasteiger partial charge in [0.25, 0.3) is 5.91 Å². The summed E-state index contributed by atoms with van der Waals surface area (Å²) in [5.74, 6) is -0.628. The predicted octanol–water partition coefficient (Wildman–Crippen LogP) is 4.07. The summed E-state index contributed by atoms with van der Waals surface area (Å²) in [6, 6.07) is 14.0. The lowest BCUT2D eigenvalue weighted by Crippen LogP contribution is -2.36. The zero-order valence-electron chi connectivity index (χ0n) is 14.4. The van der Waals surface area contributed by atoms with Gasteiger partial charge in [0, 0.05) is 18.8 Å². The van der Waals surface area contributed by atoms with E-state index in [4.69, 9.17) is 17.0 Å². The molecular formula is C20H17FN2O2S2. The van der Waals surface area contributed by atoms with Crippen molar-refractivity contribution in [2.75, 3.05) is 36.1 Å². The van der Waals surface area contributed by atoms with Crippen molar-refractivity contribution in [3.8, 4) is 0 Å². The molecule has 0 radical (unpaired) electrons. The maximum absolute atomic E-state index is 13.5. The van der Waals surface area contributed by atoms with Crippen molar-refractivity contribution in [1.82, 2.24) is 0 Å². The van der Waals surface area contributed by atoms with Crippen LogP contribution in [0.15, 0.2) is 53.4 Å². The number of amides is 1. The van der Waals surface area contributed by atoms with Crippen LogP contribution in [0.1, 0.15) is 5.56 Å². The molecule has 138 valence electrons. The van der Waals surface area contributed by atoms with E-state index in [0.717, 1.165) is 37.6 Å². The van der Waals surface area contributed by atoms with Gasteiger partial charge in [0.05, 0.1) is 23.8 Å². The van der Waals surface area contributed by atoms with Crippen LogP contribution in [0.5, 0.6) is 0 Å². The van der Waals surface area contributed by atoms with Gasteiger partial charge in [-0.3, -0.25) is 9.69 Å². The summed E-state index contributed by atoms with van der Waals surface area (Å²) in [7, 11) is 0. The summed E-state index contributed by atoms with van der Waals surface area (Å²) in [5.41, 5.74) is 2.51. The zero-order valence-corrected chi connectivity index (χ0v) is 16.1. The Morgan fingerprint density at radius 1 is 1.07 bits per heavy atom. The third kappa shape index (κ3) is 3.90. The number of carbonyl (C=O) groups excluding carboxylic acids is 1. The molecule has 7 heteroatoms. The van der Waals surface area contributed by atoms with Gasteiger partial charge >= 0.3 is 0 Å². The minimum Gasteiger partial charge on any atom is -0.378 e. The SMILES string of the molecule is O=C1/C(=C/c2ccc(N3CCOCC3)cc2)SC(=S)N1c1cccc(F)c1. The normalized spacial score (nSPS) is 19.2. The average Bonchev–Trinajstić information content (AvgIpc) is 2.96. The van der Waals surface area contributed by atoms with Gasteiger partial charge in [-0.25, -0.2) is 4.39 Å². The van der Waals surface area contributed by atoms with Crippen LogP contribution < -0.4 is 9.80 Å². The molecule has 27 heavy (non-hydrogen) atoms. The summed E-state index contributed by atoms with van der Waals surface area (Å²) in [6.45, 7) is 3.24. The molecule has 2 aliphatic rings. The molecule has 0 aliphatic carbocycles. The van der Waals surface area contributed by atoms with E-state index < -0.39 is 5.82 Å². The first-order valence-corrected chi connectivity index (χ1v) is 9.80. The van der Waals surface area contributed by atoms with E-state index in [0.29, 0.717) is 14.9 Å². The van der Waals surface area contributed by atoms with E-state index in [1.165, 1.54) is 28.8 Å². The van der Waals surface area contributed by atoms with E-state index in [-0.39, 0.29) is 5.91 Å². The number of hydrogen-bond acceptors (Lipinski definition) is 5. The molecule has 0 unspecified atom stereocenters. The number of nitrogens with zero attached hydrogens (tertiary/aromatic N) is 2. The van der Waals surface area contributed by atoms with E-state index in [2.05, 4.69) is 4.90 Å². The quantitative estimate of drug-likeness (QED) is 0.573. The Balaban J connectivity index is 1.54. The van der Waals surface area contributed by atoms with Crippen LogP contribution in [-0.2, 0) is 9.53 Å². The zero-order chi connectivity index (χ0) is 18.8. The van der Waals surface area contributed by atoms with Crippen molar-refractivity contribution >= 4 is 51.7 Å². The average molecular weight is 401 g/mol. The monoisotopic (exact) mass is 400 g/mol. The molecule has 0 aromatic heterocycles. The first-order chi connectivity index (χ1) is 13.1. The second-order valence-corrected chi connectivity index (χ2v) is 7.86. The van der Waals surface area contributed by atoms with Crippen LogP contribution in [0.25, 0.3) is 6.08 Å². The third-order valence-electron chi connectivity index (χ3n) is 4.43. The number of ether oxygens (including phenoxy) is 1. The third-order valence-corrected chi connectivity index (χ3v) is 5.73. The molecule has 0 atom stereocenters. The second-order valence-electron chi connectivity index (χ2n) is 6.19. The van der Waals surface area contributed by atoms with Gasteiger partial charge in [-0.2, -0.15) is 0 Å². The van der Waals surface area contributed by atoms with Gasteiger partial charge in [0.15, 0.2) is 4.32 Å². The number of anilines is 2. The van der Waals surface area contributed by atoms with E-state index in [9.17, 15) is 9.18 Å². The first-order valence-electron chi connectivity index (χ1n) is 8.58. The molecule has 2 heterocycles. The Morgan fingerprint density at radius 3 is 2.52 bits per heavy atom. The number of rotatable bonds is 3. The van der Waals surface area contributed by atoms with Gasteiger partial charge in [-0.1, -0.05) is 42.2 Å². The van der Waals surface area contributed by atoms with Crippen LogP contribution in [0.3, 0.4) is 0 Å². The Hall–Kier alpha value is -2.22. The molecule has 0 saturated carbocycles. The molecule has 4 rings (SSSR count). The van der Waals surface area contributed by atoms with Gasteiger partial charge in [-0.15, -0.1) is 0 Å².